The van der Waals surface area contributed by atoms with Crippen molar-refractivity contribution in [2.24, 2.45) is 0 Å². The van der Waals surface area contributed by atoms with Gasteiger partial charge in [-0.05, 0) is 59.2 Å². The highest BCUT2D eigenvalue weighted by atomic mass is 19.1. The molecule has 0 unspecified atom stereocenters. The van der Waals surface area contributed by atoms with Gasteiger partial charge >= 0.3 is 0 Å². The van der Waals surface area contributed by atoms with Gasteiger partial charge in [0.25, 0.3) is 0 Å². The second kappa shape index (κ2) is 7.20. The SMILES string of the molecule is CCN(c1ccccc1F)c1cc(-c2ccc3ccccc3c2)ccc1F. The maximum Gasteiger partial charge on any atom is 0.146 e. The third kappa shape index (κ3) is 3.28. The molecule has 0 aromatic heterocycles. The zero-order chi connectivity index (χ0) is 18.8. The lowest BCUT2D eigenvalue weighted by Crippen LogP contribution is -2.18. The molecule has 0 saturated carbocycles. The smallest absolute Gasteiger partial charge is 0.146 e. The number of para-hydroxylation sites is 1. The first-order valence-electron chi connectivity index (χ1n) is 8.98. The molecule has 0 amide bonds. The number of fused-ring (bicyclic) bond motifs is 1. The Bertz CT molecular complexity index is 1100. The molecule has 0 heterocycles. The minimum absolute atomic E-state index is 0.366. The summed E-state index contributed by atoms with van der Waals surface area (Å²) in [6.45, 7) is 2.34. The largest absolute Gasteiger partial charge is 0.337 e. The molecular weight excluding hydrogens is 340 g/mol. The van der Waals surface area contributed by atoms with Crippen molar-refractivity contribution in [1.29, 1.82) is 0 Å². The first-order chi connectivity index (χ1) is 13.2. The summed E-state index contributed by atoms with van der Waals surface area (Å²) in [5.74, 6) is -0.737. The van der Waals surface area contributed by atoms with Crippen LogP contribution in [0.1, 0.15) is 6.92 Å². The lowest BCUT2D eigenvalue weighted by molar-refractivity contribution is 0.614. The first-order valence-corrected chi connectivity index (χ1v) is 8.98. The van der Waals surface area contributed by atoms with Gasteiger partial charge in [0.15, 0.2) is 0 Å². The van der Waals surface area contributed by atoms with Gasteiger partial charge in [0.1, 0.15) is 11.6 Å². The van der Waals surface area contributed by atoms with E-state index in [9.17, 15) is 8.78 Å². The molecule has 134 valence electrons. The molecule has 0 aliphatic carbocycles. The van der Waals surface area contributed by atoms with Gasteiger partial charge in [-0.25, -0.2) is 8.78 Å². The van der Waals surface area contributed by atoms with Crippen LogP contribution in [0.5, 0.6) is 0 Å². The summed E-state index contributed by atoms with van der Waals surface area (Å²) in [5, 5.41) is 2.28. The maximum atomic E-state index is 14.6. The van der Waals surface area contributed by atoms with Crippen LogP contribution in [0, 0.1) is 11.6 Å². The Morgan fingerprint density at radius 1 is 0.630 bits per heavy atom. The summed E-state index contributed by atoms with van der Waals surface area (Å²) < 4.78 is 28.9. The quantitative estimate of drug-likeness (QED) is 0.381. The summed E-state index contributed by atoms with van der Waals surface area (Å²) in [5.41, 5.74) is 2.63. The van der Waals surface area contributed by atoms with E-state index in [1.165, 1.54) is 12.1 Å². The van der Waals surface area contributed by atoms with E-state index in [1.54, 1.807) is 35.2 Å². The van der Waals surface area contributed by atoms with Crippen molar-refractivity contribution in [3.05, 3.63) is 96.6 Å². The third-order valence-corrected chi connectivity index (χ3v) is 4.78. The first kappa shape index (κ1) is 17.2. The van der Waals surface area contributed by atoms with E-state index in [0.717, 1.165) is 21.9 Å². The average Bonchev–Trinajstić information content (AvgIpc) is 2.71. The fourth-order valence-electron chi connectivity index (χ4n) is 3.41. The van der Waals surface area contributed by atoms with Gasteiger partial charge in [-0.3, -0.25) is 0 Å². The second-order valence-corrected chi connectivity index (χ2v) is 6.42. The molecule has 1 nitrogen and oxygen atoms in total. The molecule has 27 heavy (non-hydrogen) atoms. The molecule has 0 spiro atoms. The van der Waals surface area contributed by atoms with Gasteiger partial charge in [0.05, 0.1) is 11.4 Å². The highest BCUT2D eigenvalue weighted by Crippen LogP contribution is 2.34. The highest BCUT2D eigenvalue weighted by molar-refractivity contribution is 5.87. The molecule has 0 aliphatic heterocycles. The molecule has 0 aliphatic rings. The second-order valence-electron chi connectivity index (χ2n) is 6.42. The van der Waals surface area contributed by atoms with Crippen molar-refractivity contribution in [2.45, 2.75) is 6.92 Å². The summed E-state index contributed by atoms with van der Waals surface area (Å²) >= 11 is 0. The van der Waals surface area contributed by atoms with Crippen molar-refractivity contribution in [3.63, 3.8) is 0 Å². The number of anilines is 2. The normalized spacial score (nSPS) is 10.9. The van der Waals surface area contributed by atoms with E-state index in [0.29, 0.717) is 17.9 Å². The fourth-order valence-corrected chi connectivity index (χ4v) is 3.41. The molecule has 0 radical (unpaired) electrons. The number of benzene rings is 4. The Hall–Kier alpha value is -3.20. The summed E-state index contributed by atoms with van der Waals surface area (Å²) in [6, 6.07) is 25.7. The maximum absolute atomic E-state index is 14.6. The Morgan fingerprint density at radius 3 is 2.04 bits per heavy atom. The van der Waals surface area contributed by atoms with Crippen LogP contribution in [0.4, 0.5) is 20.2 Å². The van der Waals surface area contributed by atoms with Crippen LogP contribution in [-0.2, 0) is 0 Å². The zero-order valence-corrected chi connectivity index (χ0v) is 15.0. The minimum atomic E-state index is -0.371. The van der Waals surface area contributed by atoms with Gasteiger partial charge < -0.3 is 4.90 Å². The van der Waals surface area contributed by atoms with Crippen molar-refractivity contribution in [2.75, 3.05) is 11.4 Å². The average molecular weight is 359 g/mol. The molecule has 3 heteroatoms. The summed E-state index contributed by atoms with van der Waals surface area (Å²) in [7, 11) is 0. The van der Waals surface area contributed by atoms with Crippen molar-refractivity contribution < 1.29 is 8.78 Å². The van der Waals surface area contributed by atoms with Crippen LogP contribution in [-0.4, -0.2) is 6.54 Å². The Labute approximate surface area is 157 Å². The van der Waals surface area contributed by atoms with Gasteiger partial charge in [-0.2, -0.15) is 0 Å². The number of hydrogen-bond acceptors (Lipinski definition) is 1. The molecule has 0 bridgehead atoms. The van der Waals surface area contributed by atoms with Gasteiger partial charge in [0.2, 0.25) is 0 Å². The topological polar surface area (TPSA) is 3.24 Å². The molecule has 0 fully saturated rings. The van der Waals surface area contributed by atoms with Crippen molar-refractivity contribution in [3.8, 4) is 11.1 Å². The number of rotatable bonds is 4. The zero-order valence-electron chi connectivity index (χ0n) is 15.0. The van der Waals surface area contributed by atoms with Crippen LogP contribution in [0.2, 0.25) is 0 Å². The summed E-state index contributed by atoms with van der Waals surface area (Å²) in [6.07, 6.45) is 0. The number of halogens is 2. The Morgan fingerprint density at radius 2 is 1.26 bits per heavy atom. The lowest BCUT2D eigenvalue weighted by Gasteiger charge is -2.25. The molecule has 4 rings (SSSR count). The Kier molecular flexibility index (Phi) is 4.59. The molecule has 0 atom stereocenters. The van der Waals surface area contributed by atoms with Gasteiger partial charge in [0, 0.05) is 6.54 Å². The molecule has 0 saturated heterocycles. The molecule has 4 aromatic carbocycles. The van der Waals surface area contributed by atoms with E-state index in [4.69, 9.17) is 0 Å². The lowest BCUT2D eigenvalue weighted by atomic mass is 10.0. The monoisotopic (exact) mass is 359 g/mol. The van der Waals surface area contributed by atoms with Gasteiger partial charge in [-0.1, -0.05) is 54.6 Å². The third-order valence-electron chi connectivity index (χ3n) is 4.78. The van der Waals surface area contributed by atoms with Crippen LogP contribution >= 0.6 is 0 Å². The number of nitrogens with zero attached hydrogens (tertiary/aromatic N) is 1. The van der Waals surface area contributed by atoms with Crippen LogP contribution in [0.25, 0.3) is 21.9 Å². The molecular formula is C24H19F2N. The van der Waals surface area contributed by atoms with Crippen molar-refractivity contribution in [1.82, 2.24) is 0 Å². The molecule has 0 N–H and O–H groups in total. The van der Waals surface area contributed by atoms with Crippen LogP contribution in [0.3, 0.4) is 0 Å². The van der Waals surface area contributed by atoms with E-state index >= 15 is 0 Å². The van der Waals surface area contributed by atoms with Crippen molar-refractivity contribution >= 4 is 22.1 Å². The van der Waals surface area contributed by atoms with E-state index < -0.39 is 0 Å². The predicted octanol–water partition coefficient (Wildman–Crippen LogP) is 6.94. The highest BCUT2D eigenvalue weighted by Gasteiger charge is 2.16. The number of hydrogen-bond donors (Lipinski definition) is 0. The summed E-state index contributed by atoms with van der Waals surface area (Å²) in [4.78, 5) is 1.66. The van der Waals surface area contributed by atoms with Crippen LogP contribution in [0.15, 0.2) is 84.9 Å². The fraction of sp³-hybridized carbons (Fsp3) is 0.0833. The molecule has 4 aromatic rings. The predicted molar refractivity (Wildman–Crippen MR) is 108 cm³/mol. The standard InChI is InChI=1S/C24H19F2N/c1-2-27(23-10-6-5-9-21(23)25)24-16-20(13-14-22(24)26)19-12-11-17-7-3-4-8-18(17)15-19/h3-16H,2H2,1H3. The minimum Gasteiger partial charge on any atom is -0.337 e. The Balaban J connectivity index is 1.81. The van der Waals surface area contributed by atoms with Crippen LogP contribution < -0.4 is 4.90 Å². The van der Waals surface area contributed by atoms with E-state index in [2.05, 4.69) is 24.3 Å². The van der Waals surface area contributed by atoms with Gasteiger partial charge in [-0.15, -0.1) is 0 Å². The van der Waals surface area contributed by atoms with E-state index in [-0.39, 0.29) is 11.6 Å². The van der Waals surface area contributed by atoms with E-state index in [1.807, 2.05) is 25.1 Å².